The lowest BCUT2D eigenvalue weighted by Crippen LogP contribution is -2.08. The fraction of sp³-hybridized carbons (Fsp3) is 0.400. The summed E-state index contributed by atoms with van der Waals surface area (Å²) >= 11 is 0. The first kappa shape index (κ1) is 9.19. The third kappa shape index (κ3) is 5.33. The van der Waals surface area contributed by atoms with Crippen LogP contribution in [0.4, 0.5) is 0 Å². The highest BCUT2D eigenvalue weighted by Crippen LogP contribution is 1.81. The third-order valence-electron chi connectivity index (χ3n) is 0.691. The Balaban J connectivity index is 3.56. The van der Waals surface area contributed by atoms with Crippen molar-refractivity contribution in [1.82, 2.24) is 0 Å². The number of hydrogen-bond donors (Lipinski definition) is 2. The molecule has 0 aliphatic heterocycles. The fourth-order valence-corrected chi connectivity index (χ4v) is 0.355. The van der Waals surface area contributed by atoms with Crippen molar-refractivity contribution in [2.24, 2.45) is 0 Å². The molecule has 0 aliphatic carbocycles. The first-order chi connectivity index (χ1) is 4.66. The average molecular weight is 144 g/mol. The molecule has 0 aromatic carbocycles. The van der Waals surface area contributed by atoms with Crippen LogP contribution in [0.3, 0.4) is 0 Å². The Morgan fingerprint density at radius 3 is 2.70 bits per heavy atom. The number of carbonyl (C=O) groups is 1. The van der Waals surface area contributed by atoms with Crippen molar-refractivity contribution in [2.75, 3.05) is 6.61 Å². The van der Waals surface area contributed by atoms with Crippen molar-refractivity contribution >= 4 is 13.1 Å². The Labute approximate surface area is 59.3 Å². The van der Waals surface area contributed by atoms with Crippen molar-refractivity contribution in [1.29, 1.82) is 0 Å². The fourth-order valence-electron chi connectivity index (χ4n) is 0.355. The van der Waals surface area contributed by atoms with Gasteiger partial charge in [0, 0.05) is 6.08 Å². The molecule has 4 nitrogen and oxygen atoms in total. The Morgan fingerprint density at radius 2 is 2.30 bits per heavy atom. The van der Waals surface area contributed by atoms with Crippen molar-refractivity contribution in [2.45, 2.75) is 6.92 Å². The zero-order valence-corrected chi connectivity index (χ0v) is 5.65. The standard InChI is InChI=1S/C5H9BO4/c1-2-10-5(7)3-4-6(8)9/h3-4,8-9H,2H2,1H3/b4-3+. The second-order valence-corrected chi connectivity index (χ2v) is 1.52. The summed E-state index contributed by atoms with van der Waals surface area (Å²) in [6, 6.07) is 0. The van der Waals surface area contributed by atoms with Crippen LogP contribution < -0.4 is 0 Å². The highest BCUT2D eigenvalue weighted by molar-refractivity contribution is 6.48. The molecule has 2 N–H and O–H groups in total. The molecule has 0 saturated heterocycles. The van der Waals surface area contributed by atoms with E-state index in [0.717, 1.165) is 12.1 Å². The summed E-state index contributed by atoms with van der Waals surface area (Å²) in [4.78, 5) is 10.4. The molecular weight excluding hydrogens is 135 g/mol. The molecule has 0 aromatic heterocycles. The van der Waals surface area contributed by atoms with Gasteiger partial charge in [0.25, 0.3) is 0 Å². The summed E-state index contributed by atoms with van der Waals surface area (Å²) in [5.41, 5.74) is 0. The van der Waals surface area contributed by atoms with E-state index < -0.39 is 13.1 Å². The maximum absolute atomic E-state index is 10.4. The molecule has 0 atom stereocenters. The first-order valence-corrected chi connectivity index (χ1v) is 2.88. The minimum absolute atomic E-state index is 0.282. The van der Waals surface area contributed by atoms with Crippen molar-refractivity contribution in [3.63, 3.8) is 0 Å². The SMILES string of the molecule is CCOC(=O)/C=C/B(O)O. The second kappa shape index (κ2) is 5.02. The van der Waals surface area contributed by atoms with Gasteiger partial charge in [0.05, 0.1) is 6.61 Å². The van der Waals surface area contributed by atoms with Gasteiger partial charge >= 0.3 is 13.1 Å². The van der Waals surface area contributed by atoms with Gasteiger partial charge < -0.3 is 14.8 Å². The van der Waals surface area contributed by atoms with E-state index >= 15 is 0 Å². The number of ether oxygens (including phenoxy) is 1. The van der Waals surface area contributed by atoms with Crippen molar-refractivity contribution in [3.8, 4) is 0 Å². The van der Waals surface area contributed by atoms with Gasteiger partial charge in [-0.2, -0.15) is 0 Å². The summed E-state index contributed by atoms with van der Waals surface area (Å²) in [5.74, 6) is 0.355. The summed E-state index contributed by atoms with van der Waals surface area (Å²) in [6.45, 7) is 1.95. The van der Waals surface area contributed by atoms with E-state index in [1.807, 2.05) is 0 Å². The largest absolute Gasteiger partial charge is 0.480 e. The average Bonchev–Trinajstić information content (AvgIpc) is 1.85. The molecule has 0 aromatic rings. The summed E-state index contributed by atoms with van der Waals surface area (Å²) in [5, 5.41) is 16.5. The van der Waals surface area contributed by atoms with Crippen LogP contribution in [0.1, 0.15) is 6.92 Å². The van der Waals surface area contributed by atoms with Crippen LogP contribution in [0, 0.1) is 0 Å². The van der Waals surface area contributed by atoms with E-state index in [9.17, 15) is 4.79 Å². The number of hydrogen-bond acceptors (Lipinski definition) is 4. The molecule has 0 unspecified atom stereocenters. The summed E-state index contributed by atoms with van der Waals surface area (Å²) < 4.78 is 4.44. The molecular formula is C5H9BO4. The molecule has 0 saturated carbocycles. The zero-order valence-electron chi connectivity index (χ0n) is 5.65. The maximum Gasteiger partial charge on any atom is 0.480 e. The van der Waals surface area contributed by atoms with E-state index in [-0.39, 0.29) is 6.61 Å². The van der Waals surface area contributed by atoms with Crippen LogP contribution in [-0.2, 0) is 9.53 Å². The van der Waals surface area contributed by atoms with Gasteiger partial charge in [0.1, 0.15) is 0 Å². The first-order valence-electron chi connectivity index (χ1n) is 2.88. The molecule has 56 valence electrons. The van der Waals surface area contributed by atoms with Gasteiger partial charge in [-0.05, 0) is 12.9 Å². The molecule has 0 spiro atoms. The minimum atomic E-state index is -1.59. The molecule has 0 bridgehead atoms. The van der Waals surface area contributed by atoms with Gasteiger partial charge in [0.2, 0.25) is 0 Å². The summed E-state index contributed by atoms with van der Waals surface area (Å²) in [7, 11) is -1.59. The highest BCUT2D eigenvalue weighted by Gasteiger charge is 2.00. The van der Waals surface area contributed by atoms with Crippen LogP contribution in [0.2, 0.25) is 0 Å². The quantitative estimate of drug-likeness (QED) is 0.306. The molecule has 0 heterocycles. The van der Waals surface area contributed by atoms with E-state index in [1.54, 1.807) is 6.92 Å². The van der Waals surface area contributed by atoms with Crippen molar-refractivity contribution < 1.29 is 19.6 Å². The molecule has 0 amide bonds. The Kier molecular flexibility index (Phi) is 4.61. The molecule has 5 heteroatoms. The van der Waals surface area contributed by atoms with Crippen LogP contribution in [0.5, 0.6) is 0 Å². The van der Waals surface area contributed by atoms with Crippen molar-refractivity contribution in [3.05, 3.63) is 12.1 Å². The smallest absolute Gasteiger partial charge is 0.463 e. The van der Waals surface area contributed by atoms with E-state index in [2.05, 4.69) is 4.74 Å². The van der Waals surface area contributed by atoms with E-state index in [0.29, 0.717) is 0 Å². The highest BCUT2D eigenvalue weighted by atomic mass is 16.5. The molecule has 0 radical (unpaired) electrons. The third-order valence-corrected chi connectivity index (χ3v) is 0.691. The van der Waals surface area contributed by atoms with Crippen LogP contribution >= 0.6 is 0 Å². The Hall–Kier alpha value is -0.805. The van der Waals surface area contributed by atoms with Gasteiger partial charge in [0.15, 0.2) is 0 Å². The van der Waals surface area contributed by atoms with Crippen LogP contribution in [-0.4, -0.2) is 29.7 Å². The molecule has 0 rings (SSSR count). The van der Waals surface area contributed by atoms with Crippen LogP contribution in [0.25, 0.3) is 0 Å². The Bertz CT molecular complexity index is 132. The monoisotopic (exact) mass is 144 g/mol. The summed E-state index contributed by atoms with van der Waals surface area (Å²) in [6.07, 6.45) is 0.966. The number of carbonyl (C=O) groups excluding carboxylic acids is 1. The molecule has 0 aliphatic rings. The van der Waals surface area contributed by atoms with Gasteiger partial charge in [-0.25, -0.2) is 4.79 Å². The van der Waals surface area contributed by atoms with Gasteiger partial charge in [-0.15, -0.1) is 0 Å². The normalized spacial score (nSPS) is 9.90. The minimum Gasteiger partial charge on any atom is -0.463 e. The van der Waals surface area contributed by atoms with Gasteiger partial charge in [-0.3, -0.25) is 0 Å². The maximum atomic E-state index is 10.4. The van der Waals surface area contributed by atoms with Gasteiger partial charge in [-0.1, -0.05) is 0 Å². The molecule has 0 fully saturated rings. The zero-order chi connectivity index (χ0) is 7.98. The van der Waals surface area contributed by atoms with E-state index in [1.165, 1.54) is 0 Å². The van der Waals surface area contributed by atoms with Crippen LogP contribution in [0.15, 0.2) is 12.1 Å². The molecule has 10 heavy (non-hydrogen) atoms. The predicted octanol–water partition coefficient (Wildman–Crippen LogP) is -0.882. The second-order valence-electron chi connectivity index (χ2n) is 1.52. The predicted molar refractivity (Wildman–Crippen MR) is 36.0 cm³/mol. The number of rotatable bonds is 3. The van der Waals surface area contributed by atoms with E-state index in [4.69, 9.17) is 10.0 Å². The number of esters is 1. The lowest BCUT2D eigenvalue weighted by atomic mass is 9.92. The Morgan fingerprint density at radius 1 is 1.70 bits per heavy atom. The lowest BCUT2D eigenvalue weighted by molar-refractivity contribution is -0.137. The topological polar surface area (TPSA) is 66.8 Å². The lowest BCUT2D eigenvalue weighted by Gasteiger charge is -1.93.